The maximum atomic E-state index is 11.2. The SMILES string of the molecule is CCN(CC)CCCNc1cccc(C(N)=O)c1N. The molecule has 19 heavy (non-hydrogen) atoms. The van der Waals surface area contributed by atoms with Crippen LogP contribution in [-0.2, 0) is 0 Å². The molecule has 1 amide bonds. The van der Waals surface area contributed by atoms with Crippen molar-refractivity contribution in [2.45, 2.75) is 20.3 Å². The summed E-state index contributed by atoms with van der Waals surface area (Å²) in [6, 6.07) is 5.28. The number of nitrogens with one attached hydrogen (secondary N) is 1. The summed E-state index contributed by atoms with van der Waals surface area (Å²) in [7, 11) is 0. The van der Waals surface area contributed by atoms with Gasteiger partial charge in [-0.15, -0.1) is 0 Å². The second-order valence-corrected chi connectivity index (χ2v) is 4.44. The van der Waals surface area contributed by atoms with E-state index in [1.807, 2.05) is 6.07 Å². The minimum Gasteiger partial charge on any atom is -0.396 e. The minimum absolute atomic E-state index is 0.369. The van der Waals surface area contributed by atoms with Crippen molar-refractivity contribution in [1.29, 1.82) is 0 Å². The summed E-state index contributed by atoms with van der Waals surface area (Å²) in [4.78, 5) is 13.5. The van der Waals surface area contributed by atoms with Crippen LogP contribution >= 0.6 is 0 Å². The highest BCUT2D eigenvalue weighted by molar-refractivity contribution is 6.00. The molecule has 5 N–H and O–H groups in total. The van der Waals surface area contributed by atoms with Crippen LogP contribution in [0.25, 0.3) is 0 Å². The molecule has 0 fully saturated rings. The number of nitrogen functional groups attached to an aromatic ring is 1. The van der Waals surface area contributed by atoms with Gasteiger partial charge in [-0.05, 0) is 38.2 Å². The fourth-order valence-corrected chi connectivity index (χ4v) is 2.00. The van der Waals surface area contributed by atoms with Crippen LogP contribution in [0.2, 0.25) is 0 Å². The van der Waals surface area contributed by atoms with Crippen molar-refractivity contribution in [3.63, 3.8) is 0 Å². The van der Waals surface area contributed by atoms with Crippen LogP contribution < -0.4 is 16.8 Å². The third-order valence-electron chi connectivity index (χ3n) is 3.23. The van der Waals surface area contributed by atoms with Crippen LogP contribution in [0, 0.1) is 0 Å². The van der Waals surface area contributed by atoms with Crippen LogP contribution in [0.1, 0.15) is 30.6 Å². The van der Waals surface area contributed by atoms with Gasteiger partial charge in [0.25, 0.3) is 5.91 Å². The van der Waals surface area contributed by atoms with Gasteiger partial charge in [-0.1, -0.05) is 19.9 Å². The lowest BCUT2D eigenvalue weighted by molar-refractivity contribution is 0.100. The number of primary amides is 1. The fourth-order valence-electron chi connectivity index (χ4n) is 2.00. The topological polar surface area (TPSA) is 84.4 Å². The lowest BCUT2D eigenvalue weighted by Gasteiger charge is -2.18. The maximum Gasteiger partial charge on any atom is 0.250 e. The highest BCUT2D eigenvalue weighted by Gasteiger charge is 2.08. The zero-order chi connectivity index (χ0) is 14.3. The number of amides is 1. The smallest absolute Gasteiger partial charge is 0.250 e. The van der Waals surface area contributed by atoms with E-state index in [2.05, 4.69) is 24.1 Å². The van der Waals surface area contributed by atoms with Crippen molar-refractivity contribution in [3.05, 3.63) is 23.8 Å². The van der Waals surface area contributed by atoms with Crippen molar-refractivity contribution in [1.82, 2.24) is 4.90 Å². The van der Waals surface area contributed by atoms with Gasteiger partial charge in [-0.2, -0.15) is 0 Å². The van der Waals surface area contributed by atoms with E-state index < -0.39 is 5.91 Å². The van der Waals surface area contributed by atoms with E-state index >= 15 is 0 Å². The van der Waals surface area contributed by atoms with Gasteiger partial charge in [0.2, 0.25) is 0 Å². The lowest BCUT2D eigenvalue weighted by atomic mass is 10.1. The lowest BCUT2D eigenvalue weighted by Crippen LogP contribution is -2.25. The Morgan fingerprint density at radius 1 is 1.32 bits per heavy atom. The molecule has 0 aliphatic heterocycles. The number of carbonyl (C=O) groups excluding carboxylic acids is 1. The Labute approximate surface area is 115 Å². The number of anilines is 2. The van der Waals surface area contributed by atoms with Crippen LogP contribution in [0.5, 0.6) is 0 Å². The molecule has 0 bridgehead atoms. The molecule has 5 nitrogen and oxygen atoms in total. The number of benzene rings is 1. The second-order valence-electron chi connectivity index (χ2n) is 4.44. The highest BCUT2D eigenvalue weighted by atomic mass is 16.1. The standard InChI is InChI=1S/C14H24N4O/c1-3-18(4-2)10-6-9-17-12-8-5-7-11(13(12)15)14(16)19/h5,7-8,17H,3-4,6,9-10,15H2,1-2H3,(H2,16,19). The van der Waals surface area contributed by atoms with Crippen molar-refractivity contribution in [3.8, 4) is 0 Å². The summed E-state index contributed by atoms with van der Waals surface area (Å²) in [5.41, 5.74) is 12.7. The molecule has 0 aliphatic carbocycles. The Balaban J connectivity index is 2.50. The first-order chi connectivity index (χ1) is 9.10. The predicted octanol–water partition coefficient (Wildman–Crippen LogP) is 1.51. The number of rotatable bonds is 8. The molecule has 0 radical (unpaired) electrons. The normalized spacial score (nSPS) is 10.7. The van der Waals surface area contributed by atoms with Crippen molar-refractivity contribution in [2.24, 2.45) is 5.73 Å². The molecule has 0 aromatic heterocycles. The Hall–Kier alpha value is -1.75. The van der Waals surface area contributed by atoms with Crippen LogP contribution in [0.3, 0.4) is 0 Å². The monoisotopic (exact) mass is 264 g/mol. The average Bonchev–Trinajstić information content (AvgIpc) is 2.40. The van der Waals surface area contributed by atoms with Crippen LogP contribution in [0.15, 0.2) is 18.2 Å². The van der Waals surface area contributed by atoms with Gasteiger partial charge in [0.15, 0.2) is 0 Å². The number of nitrogens with two attached hydrogens (primary N) is 2. The van der Waals surface area contributed by atoms with Crippen molar-refractivity contribution < 1.29 is 4.79 Å². The first-order valence-electron chi connectivity index (χ1n) is 6.74. The minimum atomic E-state index is -0.496. The number of para-hydroxylation sites is 1. The van der Waals surface area contributed by atoms with Gasteiger partial charge in [-0.3, -0.25) is 4.79 Å². The number of hydrogen-bond donors (Lipinski definition) is 3. The summed E-state index contributed by atoms with van der Waals surface area (Å²) in [6.07, 6.45) is 1.03. The first kappa shape index (κ1) is 15.3. The predicted molar refractivity (Wildman–Crippen MR) is 80.3 cm³/mol. The summed E-state index contributed by atoms with van der Waals surface area (Å²) in [5.74, 6) is -0.496. The summed E-state index contributed by atoms with van der Waals surface area (Å²) in [5, 5.41) is 3.25. The molecule has 0 atom stereocenters. The van der Waals surface area contributed by atoms with E-state index in [1.165, 1.54) is 0 Å². The first-order valence-corrected chi connectivity index (χ1v) is 6.74. The highest BCUT2D eigenvalue weighted by Crippen LogP contribution is 2.22. The maximum absolute atomic E-state index is 11.2. The van der Waals surface area contributed by atoms with E-state index in [0.29, 0.717) is 11.3 Å². The van der Waals surface area contributed by atoms with Gasteiger partial charge >= 0.3 is 0 Å². The Kier molecular flexibility index (Phi) is 6.15. The second kappa shape index (κ2) is 7.63. The van der Waals surface area contributed by atoms with Gasteiger partial charge in [0.1, 0.15) is 0 Å². The average molecular weight is 264 g/mol. The Morgan fingerprint density at radius 3 is 2.58 bits per heavy atom. The molecular weight excluding hydrogens is 240 g/mol. The quantitative estimate of drug-likeness (QED) is 0.491. The largest absolute Gasteiger partial charge is 0.396 e. The van der Waals surface area contributed by atoms with Crippen LogP contribution in [0.4, 0.5) is 11.4 Å². The molecule has 0 saturated carbocycles. The molecule has 0 heterocycles. The van der Waals surface area contributed by atoms with E-state index in [0.717, 1.165) is 38.3 Å². The zero-order valence-corrected chi connectivity index (χ0v) is 11.8. The van der Waals surface area contributed by atoms with E-state index in [9.17, 15) is 4.79 Å². The number of hydrogen-bond acceptors (Lipinski definition) is 4. The van der Waals surface area contributed by atoms with Gasteiger partial charge in [0, 0.05) is 6.54 Å². The van der Waals surface area contributed by atoms with Gasteiger partial charge < -0.3 is 21.7 Å². The van der Waals surface area contributed by atoms with E-state index in [-0.39, 0.29) is 0 Å². The third-order valence-corrected chi connectivity index (χ3v) is 3.23. The summed E-state index contributed by atoms with van der Waals surface area (Å²) >= 11 is 0. The third kappa shape index (κ3) is 4.44. The molecule has 1 aromatic carbocycles. The molecule has 0 aliphatic rings. The summed E-state index contributed by atoms with van der Waals surface area (Å²) in [6.45, 7) is 8.32. The number of nitrogens with zero attached hydrogens (tertiary/aromatic N) is 1. The van der Waals surface area contributed by atoms with Crippen molar-refractivity contribution in [2.75, 3.05) is 37.2 Å². The molecule has 0 unspecified atom stereocenters. The van der Waals surface area contributed by atoms with E-state index in [1.54, 1.807) is 12.1 Å². The van der Waals surface area contributed by atoms with Crippen molar-refractivity contribution >= 4 is 17.3 Å². The molecule has 1 rings (SSSR count). The van der Waals surface area contributed by atoms with Gasteiger partial charge in [0.05, 0.1) is 16.9 Å². The zero-order valence-electron chi connectivity index (χ0n) is 11.8. The molecule has 5 heteroatoms. The molecule has 1 aromatic rings. The molecular formula is C14H24N4O. The fraction of sp³-hybridized carbons (Fsp3) is 0.500. The Bertz CT molecular complexity index is 416. The molecule has 106 valence electrons. The summed E-state index contributed by atoms with van der Waals surface area (Å²) < 4.78 is 0. The van der Waals surface area contributed by atoms with E-state index in [4.69, 9.17) is 11.5 Å². The van der Waals surface area contributed by atoms with Crippen LogP contribution in [-0.4, -0.2) is 37.0 Å². The Morgan fingerprint density at radius 2 is 2.00 bits per heavy atom. The molecule has 0 spiro atoms. The van der Waals surface area contributed by atoms with Gasteiger partial charge in [-0.25, -0.2) is 0 Å². The molecule has 0 saturated heterocycles. The number of carbonyl (C=O) groups is 1.